The van der Waals surface area contributed by atoms with E-state index in [0.29, 0.717) is 12.6 Å². The molecular weight excluding hydrogens is 306 g/mol. The highest BCUT2D eigenvalue weighted by Gasteiger charge is 2.21. The van der Waals surface area contributed by atoms with E-state index in [4.69, 9.17) is 4.74 Å². The van der Waals surface area contributed by atoms with Crippen LogP contribution in [0.15, 0.2) is 16.6 Å². The van der Waals surface area contributed by atoms with Gasteiger partial charge in [0.05, 0.1) is 19.8 Å². The zero-order valence-corrected chi connectivity index (χ0v) is 14.9. The van der Waals surface area contributed by atoms with E-state index in [9.17, 15) is 4.79 Å². The van der Waals surface area contributed by atoms with Gasteiger partial charge in [-0.3, -0.25) is 14.7 Å². The van der Waals surface area contributed by atoms with Crippen molar-refractivity contribution in [2.75, 3.05) is 53.5 Å². The Balaban J connectivity index is 1.64. The van der Waals surface area contributed by atoms with E-state index in [1.165, 1.54) is 5.57 Å². The summed E-state index contributed by atoms with van der Waals surface area (Å²) in [6, 6.07) is 0.416. The molecule has 1 amide bonds. The number of ether oxygens (including phenoxy) is 1. The maximum absolute atomic E-state index is 11.4. The van der Waals surface area contributed by atoms with Crippen LogP contribution in [0.1, 0.15) is 25.7 Å². The van der Waals surface area contributed by atoms with Crippen LogP contribution in [0.25, 0.3) is 0 Å². The molecule has 0 aromatic heterocycles. The zero-order chi connectivity index (χ0) is 17.2. The van der Waals surface area contributed by atoms with E-state index in [0.717, 1.165) is 64.5 Å². The van der Waals surface area contributed by atoms with Crippen LogP contribution in [0.3, 0.4) is 0 Å². The second kappa shape index (κ2) is 10.3. The molecule has 2 aliphatic heterocycles. The van der Waals surface area contributed by atoms with Gasteiger partial charge in [-0.15, -0.1) is 0 Å². The molecule has 0 aromatic rings. The molecule has 2 heterocycles. The highest BCUT2D eigenvalue weighted by atomic mass is 16.5. The highest BCUT2D eigenvalue weighted by molar-refractivity contribution is 5.80. The lowest BCUT2D eigenvalue weighted by molar-refractivity contribution is -0.122. The Morgan fingerprint density at radius 2 is 2.21 bits per heavy atom. The van der Waals surface area contributed by atoms with Crippen LogP contribution in [0, 0.1) is 0 Å². The number of aliphatic imine (C=N–C) groups is 1. The van der Waals surface area contributed by atoms with Crippen molar-refractivity contribution in [3.05, 3.63) is 11.6 Å². The first-order valence-electron chi connectivity index (χ1n) is 8.87. The summed E-state index contributed by atoms with van der Waals surface area (Å²) in [4.78, 5) is 17.9. The van der Waals surface area contributed by atoms with Crippen LogP contribution < -0.4 is 16.0 Å². The van der Waals surface area contributed by atoms with Gasteiger partial charge in [0, 0.05) is 39.8 Å². The fourth-order valence-electron chi connectivity index (χ4n) is 3.04. The molecular formula is C17H31N5O2. The lowest BCUT2D eigenvalue weighted by Gasteiger charge is -2.32. The lowest BCUT2D eigenvalue weighted by atomic mass is 10.1. The Morgan fingerprint density at radius 1 is 1.42 bits per heavy atom. The Hall–Kier alpha value is -1.60. The number of likely N-dealkylation sites (tertiary alicyclic amines) is 1. The van der Waals surface area contributed by atoms with Crippen LogP contribution in [0.2, 0.25) is 0 Å². The Kier molecular flexibility index (Phi) is 8.04. The fraction of sp³-hybridized carbons (Fsp3) is 0.765. The molecule has 24 heavy (non-hydrogen) atoms. The van der Waals surface area contributed by atoms with Gasteiger partial charge in [-0.1, -0.05) is 11.6 Å². The van der Waals surface area contributed by atoms with E-state index in [1.54, 1.807) is 7.05 Å². The monoisotopic (exact) mass is 337 g/mol. The van der Waals surface area contributed by atoms with Crippen LogP contribution in [-0.4, -0.2) is 76.3 Å². The molecule has 1 fully saturated rings. The number of carbonyl (C=O) groups excluding carboxylic acids is 1. The van der Waals surface area contributed by atoms with Gasteiger partial charge in [-0.05, 0) is 25.7 Å². The Labute approximate surface area is 144 Å². The summed E-state index contributed by atoms with van der Waals surface area (Å²) in [5.74, 6) is 0.953. The molecule has 1 saturated heterocycles. The summed E-state index contributed by atoms with van der Waals surface area (Å²) in [5.41, 5.74) is 1.46. The van der Waals surface area contributed by atoms with Crippen molar-refractivity contribution in [3.63, 3.8) is 0 Å². The maximum atomic E-state index is 11.4. The van der Waals surface area contributed by atoms with Crippen molar-refractivity contribution < 1.29 is 9.53 Å². The number of piperidine rings is 1. The number of nitrogens with one attached hydrogen (secondary N) is 3. The van der Waals surface area contributed by atoms with Gasteiger partial charge in [-0.2, -0.15) is 0 Å². The van der Waals surface area contributed by atoms with Gasteiger partial charge >= 0.3 is 0 Å². The summed E-state index contributed by atoms with van der Waals surface area (Å²) in [6.45, 7) is 4.85. The number of hydrogen-bond acceptors (Lipinski definition) is 4. The first-order valence-corrected chi connectivity index (χ1v) is 8.87. The summed E-state index contributed by atoms with van der Waals surface area (Å²) in [6.07, 6.45) is 6.32. The molecule has 0 spiro atoms. The third-order valence-corrected chi connectivity index (χ3v) is 4.59. The first kappa shape index (κ1) is 18.7. The quantitative estimate of drug-likeness (QED) is 0.364. The van der Waals surface area contributed by atoms with Crippen molar-refractivity contribution in [3.8, 4) is 0 Å². The Bertz CT molecular complexity index is 456. The predicted octanol–water partition coefficient (Wildman–Crippen LogP) is 0.0986. The van der Waals surface area contributed by atoms with Gasteiger partial charge in [0.1, 0.15) is 0 Å². The average molecular weight is 337 g/mol. The topological polar surface area (TPSA) is 78.0 Å². The summed E-state index contributed by atoms with van der Waals surface area (Å²) in [5, 5.41) is 9.57. The molecule has 136 valence electrons. The average Bonchev–Trinajstić information content (AvgIpc) is 2.63. The van der Waals surface area contributed by atoms with Crippen molar-refractivity contribution in [1.29, 1.82) is 0 Å². The number of carbonyl (C=O) groups is 1. The molecule has 0 radical (unpaired) electrons. The second-order valence-electron chi connectivity index (χ2n) is 6.30. The largest absolute Gasteiger partial charge is 0.377 e. The standard InChI is InChI=1S/C17H31N5O2/c1-18-16(23)13-22-9-4-15(5-10-22)21-17(19-2)20-8-3-14-6-11-24-12-7-14/h6,15H,3-5,7-13H2,1-2H3,(H,18,23)(H2,19,20,21). The van der Waals surface area contributed by atoms with E-state index < -0.39 is 0 Å². The molecule has 3 N–H and O–H groups in total. The fourth-order valence-corrected chi connectivity index (χ4v) is 3.04. The molecule has 2 rings (SSSR count). The number of likely N-dealkylation sites (N-methyl/N-ethyl adjacent to an activating group) is 1. The van der Waals surface area contributed by atoms with Gasteiger partial charge in [-0.25, -0.2) is 0 Å². The number of nitrogens with zero attached hydrogens (tertiary/aromatic N) is 2. The van der Waals surface area contributed by atoms with Crippen molar-refractivity contribution >= 4 is 11.9 Å². The van der Waals surface area contributed by atoms with Crippen molar-refractivity contribution in [1.82, 2.24) is 20.9 Å². The minimum absolute atomic E-state index is 0.0845. The molecule has 0 aliphatic carbocycles. The molecule has 0 aromatic carbocycles. The lowest BCUT2D eigenvalue weighted by Crippen LogP contribution is -2.50. The zero-order valence-electron chi connectivity index (χ0n) is 14.9. The van der Waals surface area contributed by atoms with Crippen LogP contribution >= 0.6 is 0 Å². The molecule has 0 bridgehead atoms. The first-order chi connectivity index (χ1) is 11.7. The predicted molar refractivity (Wildman–Crippen MR) is 96.2 cm³/mol. The molecule has 0 unspecified atom stereocenters. The minimum atomic E-state index is 0.0845. The third-order valence-electron chi connectivity index (χ3n) is 4.59. The van der Waals surface area contributed by atoms with E-state index in [1.807, 2.05) is 7.05 Å². The van der Waals surface area contributed by atoms with Gasteiger partial charge in [0.2, 0.25) is 5.91 Å². The van der Waals surface area contributed by atoms with Crippen molar-refractivity contribution in [2.45, 2.75) is 31.7 Å². The third kappa shape index (κ3) is 6.49. The van der Waals surface area contributed by atoms with E-state index >= 15 is 0 Å². The second-order valence-corrected chi connectivity index (χ2v) is 6.30. The smallest absolute Gasteiger partial charge is 0.233 e. The number of hydrogen-bond donors (Lipinski definition) is 3. The highest BCUT2D eigenvalue weighted by Crippen LogP contribution is 2.11. The molecule has 0 saturated carbocycles. The number of rotatable bonds is 6. The van der Waals surface area contributed by atoms with Crippen LogP contribution in [0.5, 0.6) is 0 Å². The summed E-state index contributed by atoms with van der Waals surface area (Å²) < 4.78 is 5.33. The van der Waals surface area contributed by atoms with E-state index in [2.05, 4.69) is 31.9 Å². The molecule has 0 atom stereocenters. The van der Waals surface area contributed by atoms with Crippen LogP contribution in [0.4, 0.5) is 0 Å². The molecule has 7 heteroatoms. The summed E-state index contributed by atoms with van der Waals surface area (Å²) in [7, 11) is 3.49. The van der Waals surface area contributed by atoms with Crippen molar-refractivity contribution in [2.24, 2.45) is 4.99 Å². The number of guanidine groups is 1. The SMILES string of the molecule is CN=C(NCCC1=CCOCC1)NC1CCN(CC(=O)NC)CC1. The minimum Gasteiger partial charge on any atom is -0.377 e. The summed E-state index contributed by atoms with van der Waals surface area (Å²) >= 11 is 0. The van der Waals surface area contributed by atoms with Gasteiger partial charge < -0.3 is 20.7 Å². The molecule has 7 nitrogen and oxygen atoms in total. The number of amides is 1. The maximum Gasteiger partial charge on any atom is 0.233 e. The van der Waals surface area contributed by atoms with Gasteiger partial charge in [0.15, 0.2) is 5.96 Å². The normalized spacial score (nSPS) is 20.4. The Morgan fingerprint density at radius 3 is 2.83 bits per heavy atom. The van der Waals surface area contributed by atoms with Crippen LogP contribution in [-0.2, 0) is 9.53 Å². The van der Waals surface area contributed by atoms with E-state index in [-0.39, 0.29) is 5.91 Å². The van der Waals surface area contributed by atoms with Gasteiger partial charge in [0.25, 0.3) is 0 Å². The molecule has 2 aliphatic rings.